The number of nitrogens with one attached hydrogen (secondary N) is 1. The molecule has 1 heterocycles. The average molecular weight is 236 g/mol. The summed E-state index contributed by atoms with van der Waals surface area (Å²) in [5.41, 5.74) is 0. The first-order valence-corrected chi connectivity index (χ1v) is 7.74. The van der Waals surface area contributed by atoms with E-state index in [1.807, 2.05) is 0 Å². The van der Waals surface area contributed by atoms with Crippen molar-refractivity contribution in [1.29, 1.82) is 0 Å². The van der Waals surface area contributed by atoms with Crippen molar-refractivity contribution in [2.24, 2.45) is 17.8 Å². The lowest BCUT2D eigenvalue weighted by molar-refractivity contribution is 0.162. The van der Waals surface area contributed by atoms with Crippen molar-refractivity contribution in [2.45, 2.75) is 51.0 Å². The molecule has 3 aliphatic rings. The predicted octanol–water partition coefficient (Wildman–Crippen LogP) is 2.50. The van der Waals surface area contributed by atoms with Gasteiger partial charge in [0.2, 0.25) is 0 Å². The molecular formula is C15H28N2. The Morgan fingerprint density at radius 1 is 1.06 bits per heavy atom. The minimum atomic E-state index is 0.851. The Balaban J connectivity index is 1.50. The highest BCUT2D eigenvalue weighted by molar-refractivity contribution is 4.91. The molecule has 4 unspecified atom stereocenters. The van der Waals surface area contributed by atoms with Crippen LogP contribution in [0, 0.1) is 17.8 Å². The lowest BCUT2D eigenvalue weighted by Crippen LogP contribution is -2.37. The molecule has 0 amide bonds. The van der Waals surface area contributed by atoms with Crippen LogP contribution < -0.4 is 5.32 Å². The summed E-state index contributed by atoms with van der Waals surface area (Å²) in [5, 5.41) is 3.53. The van der Waals surface area contributed by atoms with Crippen molar-refractivity contribution in [3.63, 3.8) is 0 Å². The van der Waals surface area contributed by atoms with E-state index in [2.05, 4.69) is 17.3 Å². The van der Waals surface area contributed by atoms with Crippen molar-refractivity contribution in [3.8, 4) is 0 Å². The normalized spacial score (nSPS) is 42.0. The van der Waals surface area contributed by atoms with Gasteiger partial charge in [0.25, 0.3) is 0 Å². The van der Waals surface area contributed by atoms with Gasteiger partial charge in [-0.25, -0.2) is 0 Å². The summed E-state index contributed by atoms with van der Waals surface area (Å²) in [6.07, 6.45) is 10.3. The van der Waals surface area contributed by atoms with E-state index in [-0.39, 0.29) is 0 Å². The highest BCUT2D eigenvalue weighted by Gasteiger charge is 2.40. The highest BCUT2D eigenvalue weighted by atomic mass is 15.1. The minimum absolute atomic E-state index is 0.851. The van der Waals surface area contributed by atoms with Gasteiger partial charge >= 0.3 is 0 Å². The van der Waals surface area contributed by atoms with Crippen LogP contribution >= 0.6 is 0 Å². The second kappa shape index (κ2) is 5.27. The Morgan fingerprint density at radius 3 is 2.76 bits per heavy atom. The molecule has 98 valence electrons. The van der Waals surface area contributed by atoms with Gasteiger partial charge in [-0.05, 0) is 76.4 Å². The molecule has 1 N–H and O–H groups in total. The van der Waals surface area contributed by atoms with Gasteiger partial charge in [0.05, 0.1) is 0 Å². The van der Waals surface area contributed by atoms with Crippen LogP contribution in [0.25, 0.3) is 0 Å². The largest absolute Gasteiger partial charge is 0.317 e. The third-order valence-electron chi connectivity index (χ3n) is 5.58. The van der Waals surface area contributed by atoms with Crippen LogP contribution in [-0.2, 0) is 0 Å². The van der Waals surface area contributed by atoms with E-state index in [0.717, 1.165) is 23.8 Å². The lowest BCUT2D eigenvalue weighted by atomic mass is 9.88. The maximum atomic E-state index is 3.53. The minimum Gasteiger partial charge on any atom is -0.317 e. The number of rotatable bonds is 3. The van der Waals surface area contributed by atoms with Gasteiger partial charge in [-0.2, -0.15) is 0 Å². The standard InChI is InChI=1S/C15H28N2/c1-17(15-3-2-7-16-8-6-15)11-14-10-12-4-5-13(14)9-12/h12-16H,2-11H2,1H3. The van der Waals surface area contributed by atoms with Gasteiger partial charge in [-0.1, -0.05) is 6.42 Å². The third-order valence-corrected chi connectivity index (χ3v) is 5.58. The quantitative estimate of drug-likeness (QED) is 0.810. The van der Waals surface area contributed by atoms with Gasteiger partial charge in [0, 0.05) is 12.6 Å². The molecule has 3 fully saturated rings. The highest BCUT2D eigenvalue weighted by Crippen LogP contribution is 2.48. The smallest absolute Gasteiger partial charge is 0.0105 e. The van der Waals surface area contributed by atoms with Crippen LogP contribution in [0.15, 0.2) is 0 Å². The summed E-state index contributed by atoms with van der Waals surface area (Å²) in [7, 11) is 2.38. The van der Waals surface area contributed by atoms with Gasteiger partial charge in [-0.15, -0.1) is 0 Å². The Morgan fingerprint density at radius 2 is 2.00 bits per heavy atom. The molecule has 2 bridgehead atoms. The van der Waals surface area contributed by atoms with Gasteiger partial charge in [0.15, 0.2) is 0 Å². The van der Waals surface area contributed by atoms with Crippen molar-refractivity contribution in [1.82, 2.24) is 10.2 Å². The van der Waals surface area contributed by atoms with Crippen LogP contribution in [0.5, 0.6) is 0 Å². The molecule has 0 spiro atoms. The van der Waals surface area contributed by atoms with Crippen molar-refractivity contribution >= 4 is 0 Å². The molecule has 4 atom stereocenters. The number of fused-ring (bicyclic) bond motifs is 2. The van der Waals surface area contributed by atoms with Crippen LogP contribution in [0.4, 0.5) is 0 Å². The molecule has 0 aromatic heterocycles. The molecule has 1 aliphatic heterocycles. The first-order chi connectivity index (χ1) is 8.33. The zero-order valence-electron chi connectivity index (χ0n) is 11.3. The Kier molecular flexibility index (Phi) is 3.72. The van der Waals surface area contributed by atoms with Crippen molar-refractivity contribution in [3.05, 3.63) is 0 Å². The summed E-state index contributed by atoms with van der Waals surface area (Å²) in [6, 6.07) is 0.851. The van der Waals surface area contributed by atoms with Gasteiger partial charge in [-0.3, -0.25) is 0 Å². The molecule has 2 heteroatoms. The molecule has 2 aliphatic carbocycles. The summed E-state index contributed by atoms with van der Waals surface area (Å²) in [6.45, 7) is 3.84. The van der Waals surface area contributed by atoms with Crippen LogP contribution in [0.3, 0.4) is 0 Å². The van der Waals surface area contributed by atoms with Crippen molar-refractivity contribution in [2.75, 3.05) is 26.7 Å². The maximum absolute atomic E-state index is 3.53. The zero-order chi connectivity index (χ0) is 11.7. The van der Waals surface area contributed by atoms with E-state index >= 15 is 0 Å². The molecule has 1 saturated heterocycles. The van der Waals surface area contributed by atoms with E-state index in [1.165, 1.54) is 51.7 Å². The summed E-state index contributed by atoms with van der Waals surface area (Å²) in [4.78, 5) is 2.69. The topological polar surface area (TPSA) is 15.3 Å². The zero-order valence-corrected chi connectivity index (χ0v) is 11.3. The third kappa shape index (κ3) is 2.68. The molecule has 2 saturated carbocycles. The fraction of sp³-hybridized carbons (Fsp3) is 1.00. The Hall–Kier alpha value is -0.0800. The fourth-order valence-electron chi connectivity index (χ4n) is 4.56. The molecule has 0 aromatic carbocycles. The van der Waals surface area contributed by atoms with E-state index < -0.39 is 0 Å². The van der Waals surface area contributed by atoms with Gasteiger partial charge in [0.1, 0.15) is 0 Å². The number of nitrogens with zero attached hydrogens (tertiary/aromatic N) is 1. The SMILES string of the molecule is CN(CC1CC2CCC1C2)C1CCCNCC1. The van der Waals surface area contributed by atoms with Crippen LogP contribution in [0.2, 0.25) is 0 Å². The molecule has 17 heavy (non-hydrogen) atoms. The van der Waals surface area contributed by atoms with E-state index in [9.17, 15) is 0 Å². The van der Waals surface area contributed by atoms with Crippen LogP contribution in [0.1, 0.15) is 44.9 Å². The van der Waals surface area contributed by atoms with Gasteiger partial charge < -0.3 is 10.2 Å². The van der Waals surface area contributed by atoms with Crippen molar-refractivity contribution < 1.29 is 0 Å². The molecular weight excluding hydrogens is 208 g/mol. The fourth-order valence-corrected chi connectivity index (χ4v) is 4.56. The molecule has 3 rings (SSSR count). The van der Waals surface area contributed by atoms with E-state index in [1.54, 1.807) is 12.8 Å². The summed E-state index contributed by atoms with van der Waals surface area (Å²) >= 11 is 0. The number of hydrogen-bond donors (Lipinski definition) is 1. The number of hydrogen-bond acceptors (Lipinski definition) is 2. The summed E-state index contributed by atoms with van der Waals surface area (Å²) in [5.74, 6) is 3.23. The Bertz CT molecular complexity index is 245. The second-order valence-electron chi connectivity index (χ2n) is 6.71. The molecule has 0 aromatic rings. The first kappa shape index (κ1) is 12.0. The second-order valence-corrected chi connectivity index (χ2v) is 6.71. The predicted molar refractivity (Wildman–Crippen MR) is 72.1 cm³/mol. The van der Waals surface area contributed by atoms with E-state index in [4.69, 9.17) is 0 Å². The monoisotopic (exact) mass is 236 g/mol. The lowest BCUT2D eigenvalue weighted by Gasteiger charge is -2.32. The molecule has 2 nitrogen and oxygen atoms in total. The summed E-state index contributed by atoms with van der Waals surface area (Å²) < 4.78 is 0. The Labute approximate surface area is 106 Å². The van der Waals surface area contributed by atoms with E-state index in [0.29, 0.717) is 0 Å². The molecule has 0 radical (unpaired) electrons. The maximum Gasteiger partial charge on any atom is 0.0105 e. The average Bonchev–Trinajstić information content (AvgIpc) is 2.82. The van der Waals surface area contributed by atoms with Crippen LogP contribution in [-0.4, -0.2) is 37.6 Å². The first-order valence-electron chi connectivity index (χ1n) is 7.74.